The summed E-state index contributed by atoms with van der Waals surface area (Å²) in [4.78, 5) is 16.7. The van der Waals surface area contributed by atoms with Crippen LogP contribution in [0, 0.1) is 0 Å². The molecule has 0 aliphatic carbocycles. The van der Waals surface area contributed by atoms with Crippen LogP contribution in [0.25, 0.3) is 11.4 Å². The number of pyridine rings is 1. The fourth-order valence-electron chi connectivity index (χ4n) is 3.04. The number of hydrogen-bond donors (Lipinski definition) is 1. The number of hydrogen-bond acceptors (Lipinski definition) is 6. The summed E-state index contributed by atoms with van der Waals surface area (Å²) in [6.45, 7) is 0.595. The first-order valence-corrected chi connectivity index (χ1v) is 10.7. The van der Waals surface area contributed by atoms with Crippen molar-refractivity contribution in [3.8, 4) is 17.1 Å². The van der Waals surface area contributed by atoms with E-state index in [1.54, 1.807) is 25.6 Å². The minimum atomic E-state index is -0.129. The average Bonchev–Trinajstić information content (AvgIpc) is 3.21. The average molecular weight is 432 g/mol. The summed E-state index contributed by atoms with van der Waals surface area (Å²) < 4.78 is 7.21. The number of thioether (sulfide) groups is 1. The second-order valence-electron chi connectivity index (χ2n) is 6.69. The molecular formula is C23H21N5O2S. The molecule has 1 N–H and O–H groups in total. The third kappa shape index (κ3) is 5.29. The maximum Gasteiger partial charge on any atom is 0.234 e. The van der Waals surface area contributed by atoms with Gasteiger partial charge in [-0.1, -0.05) is 48.2 Å². The quantitative estimate of drug-likeness (QED) is 0.423. The molecule has 2 aromatic carbocycles. The Morgan fingerprint density at radius 2 is 1.94 bits per heavy atom. The largest absolute Gasteiger partial charge is 0.497 e. The molecule has 0 fully saturated rings. The lowest BCUT2D eigenvalue weighted by Crippen LogP contribution is -2.15. The van der Waals surface area contributed by atoms with Crippen LogP contribution in [0.3, 0.4) is 0 Å². The third-order valence-corrected chi connectivity index (χ3v) is 5.47. The van der Waals surface area contributed by atoms with Crippen LogP contribution in [0.15, 0.2) is 84.3 Å². The van der Waals surface area contributed by atoms with Gasteiger partial charge in [0.1, 0.15) is 5.75 Å². The molecule has 4 aromatic rings. The van der Waals surface area contributed by atoms with Crippen molar-refractivity contribution in [2.24, 2.45) is 0 Å². The van der Waals surface area contributed by atoms with E-state index >= 15 is 0 Å². The number of rotatable bonds is 8. The number of benzene rings is 2. The van der Waals surface area contributed by atoms with Crippen molar-refractivity contribution in [1.82, 2.24) is 19.7 Å². The molecule has 1 amide bonds. The van der Waals surface area contributed by atoms with Crippen molar-refractivity contribution in [3.05, 3.63) is 84.7 Å². The highest BCUT2D eigenvalue weighted by molar-refractivity contribution is 7.99. The van der Waals surface area contributed by atoms with E-state index in [0.717, 1.165) is 11.1 Å². The number of nitrogens with zero attached hydrogens (tertiary/aromatic N) is 4. The summed E-state index contributed by atoms with van der Waals surface area (Å²) >= 11 is 1.34. The zero-order chi connectivity index (χ0) is 21.5. The Labute approximate surface area is 184 Å². The van der Waals surface area contributed by atoms with Crippen molar-refractivity contribution in [2.45, 2.75) is 11.7 Å². The van der Waals surface area contributed by atoms with Gasteiger partial charge >= 0.3 is 0 Å². The van der Waals surface area contributed by atoms with Gasteiger partial charge in [-0.2, -0.15) is 0 Å². The monoisotopic (exact) mass is 431 g/mol. The number of carbonyl (C=O) groups is 1. The molecule has 2 aromatic heterocycles. The van der Waals surface area contributed by atoms with Crippen molar-refractivity contribution >= 4 is 23.4 Å². The van der Waals surface area contributed by atoms with E-state index in [-0.39, 0.29) is 11.7 Å². The van der Waals surface area contributed by atoms with Crippen LogP contribution in [-0.4, -0.2) is 38.5 Å². The molecule has 0 aliphatic heterocycles. The number of aromatic nitrogens is 4. The second kappa shape index (κ2) is 9.90. The van der Waals surface area contributed by atoms with Gasteiger partial charge in [-0.25, -0.2) is 0 Å². The molecule has 0 unspecified atom stereocenters. The first-order chi connectivity index (χ1) is 15.2. The van der Waals surface area contributed by atoms with Crippen LogP contribution in [0.4, 0.5) is 5.69 Å². The molecule has 2 heterocycles. The maximum atomic E-state index is 12.5. The van der Waals surface area contributed by atoms with E-state index in [9.17, 15) is 4.79 Å². The first-order valence-electron chi connectivity index (χ1n) is 9.67. The minimum Gasteiger partial charge on any atom is -0.497 e. The molecule has 31 heavy (non-hydrogen) atoms. The lowest BCUT2D eigenvalue weighted by molar-refractivity contribution is -0.113. The van der Waals surface area contributed by atoms with E-state index in [2.05, 4.69) is 32.6 Å². The molecule has 8 heteroatoms. The first kappa shape index (κ1) is 20.6. The number of anilines is 1. The van der Waals surface area contributed by atoms with Gasteiger partial charge < -0.3 is 10.1 Å². The van der Waals surface area contributed by atoms with Gasteiger partial charge in [0.05, 0.1) is 19.4 Å². The fraction of sp³-hybridized carbons (Fsp3) is 0.130. The topological polar surface area (TPSA) is 81.9 Å². The summed E-state index contributed by atoms with van der Waals surface area (Å²) in [6.07, 6.45) is 3.48. The lowest BCUT2D eigenvalue weighted by Gasteiger charge is -2.11. The van der Waals surface area contributed by atoms with Gasteiger partial charge in [-0.3, -0.25) is 14.3 Å². The SMILES string of the molecule is COc1cccc(NC(=O)CSc2nnc(-c3cccnc3)n2Cc2ccccc2)c1. The molecule has 0 spiro atoms. The van der Waals surface area contributed by atoms with Crippen molar-refractivity contribution < 1.29 is 9.53 Å². The predicted octanol–water partition coefficient (Wildman–Crippen LogP) is 4.13. The third-order valence-electron chi connectivity index (χ3n) is 4.51. The van der Waals surface area contributed by atoms with Crippen molar-refractivity contribution in [2.75, 3.05) is 18.2 Å². The molecule has 7 nitrogen and oxygen atoms in total. The predicted molar refractivity (Wildman–Crippen MR) is 121 cm³/mol. The van der Waals surface area contributed by atoms with E-state index < -0.39 is 0 Å². The smallest absolute Gasteiger partial charge is 0.234 e. The van der Waals surface area contributed by atoms with Gasteiger partial charge in [-0.15, -0.1) is 10.2 Å². The molecule has 156 valence electrons. The van der Waals surface area contributed by atoms with Crippen molar-refractivity contribution in [3.63, 3.8) is 0 Å². The number of ether oxygens (including phenoxy) is 1. The van der Waals surface area contributed by atoms with Crippen molar-refractivity contribution in [1.29, 1.82) is 0 Å². The van der Waals surface area contributed by atoms with Gasteiger partial charge in [0.25, 0.3) is 0 Å². The number of methoxy groups -OCH3 is 1. The standard InChI is InChI=1S/C23H21N5O2S/c1-30-20-11-5-10-19(13-20)25-21(29)16-31-23-27-26-22(18-9-6-12-24-14-18)28(23)15-17-7-3-2-4-8-17/h2-14H,15-16H2,1H3,(H,25,29). The second-order valence-corrected chi connectivity index (χ2v) is 7.63. The van der Waals surface area contributed by atoms with Crippen LogP contribution >= 0.6 is 11.8 Å². The summed E-state index contributed by atoms with van der Waals surface area (Å²) in [5, 5.41) is 12.3. The summed E-state index contributed by atoms with van der Waals surface area (Å²) in [6, 6.07) is 21.2. The molecular weight excluding hydrogens is 410 g/mol. The van der Waals surface area contributed by atoms with E-state index in [0.29, 0.717) is 29.0 Å². The van der Waals surface area contributed by atoms with Crippen LogP contribution in [0.2, 0.25) is 0 Å². The Morgan fingerprint density at radius 1 is 1.06 bits per heavy atom. The van der Waals surface area contributed by atoms with Gasteiger partial charge in [0, 0.05) is 29.7 Å². The summed E-state index contributed by atoms with van der Waals surface area (Å²) in [5.41, 5.74) is 2.68. The van der Waals surface area contributed by atoms with Gasteiger partial charge in [0.15, 0.2) is 11.0 Å². The van der Waals surface area contributed by atoms with Crippen LogP contribution in [-0.2, 0) is 11.3 Å². The molecule has 4 rings (SSSR count). The molecule has 0 saturated heterocycles. The van der Waals surface area contributed by atoms with E-state index in [1.807, 2.05) is 53.1 Å². The number of amides is 1. The summed E-state index contributed by atoms with van der Waals surface area (Å²) in [7, 11) is 1.59. The zero-order valence-electron chi connectivity index (χ0n) is 16.9. The maximum absolute atomic E-state index is 12.5. The molecule has 0 radical (unpaired) electrons. The molecule has 0 bridgehead atoms. The Kier molecular flexibility index (Phi) is 6.59. The van der Waals surface area contributed by atoms with Crippen LogP contribution in [0.5, 0.6) is 5.75 Å². The molecule has 0 atom stereocenters. The minimum absolute atomic E-state index is 0.129. The van der Waals surface area contributed by atoms with E-state index in [1.165, 1.54) is 11.8 Å². The Balaban J connectivity index is 1.52. The Bertz CT molecular complexity index is 1150. The number of nitrogens with one attached hydrogen (secondary N) is 1. The van der Waals surface area contributed by atoms with Gasteiger partial charge in [-0.05, 0) is 29.8 Å². The lowest BCUT2D eigenvalue weighted by atomic mass is 10.2. The van der Waals surface area contributed by atoms with E-state index in [4.69, 9.17) is 4.74 Å². The molecule has 0 aliphatic rings. The highest BCUT2D eigenvalue weighted by atomic mass is 32.2. The van der Waals surface area contributed by atoms with Crippen LogP contribution < -0.4 is 10.1 Å². The Hall–Kier alpha value is -3.65. The zero-order valence-corrected chi connectivity index (χ0v) is 17.7. The molecule has 0 saturated carbocycles. The highest BCUT2D eigenvalue weighted by Crippen LogP contribution is 2.25. The van der Waals surface area contributed by atoms with Crippen LogP contribution in [0.1, 0.15) is 5.56 Å². The fourth-order valence-corrected chi connectivity index (χ4v) is 3.78. The Morgan fingerprint density at radius 3 is 2.71 bits per heavy atom. The normalized spacial score (nSPS) is 10.6. The number of carbonyl (C=O) groups excluding carboxylic acids is 1. The summed E-state index contributed by atoms with van der Waals surface area (Å²) in [5.74, 6) is 1.48. The van der Waals surface area contributed by atoms with Gasteiger partial charge in [0.2, 0.25) is 5.91 Å². The highest BCUT2D eigenvalue weighted by Gasteiger charge is 2.16.